The molecule has 0 aliphatic heterocycles. The lowest BCUT2D eigenvalue weighted by atomic mass is 9.84. The Morgan fingerprint density at radius 3 is 2.52 bits per heavy atom. The molecule has 0 saturated heterocycles. The molecule has 0 aliphatic rings. The number of pyridine rings is 1. The van der Waals surface area contributed by atoms with Crippen molar-refractivity contribution in [2.75, 3.05) is 7.05 Å². The van der Waals surface area contributed by atoms with E-state index in [0.29, 0.717) is 5.70 Å². The van der Waals surface area contributed by atoms with Crippen molar-refractivity contribution < 1.29 is 0 Å². The molecule has 0 fully saturated rings. The highest BCUT2D eigenvalue weighted by Crippen LogP contribution is 2.31. The van der Waals surface area contributed by atoms with Gasteiger partial charge in [-0.15, -0.1) is 0 Å². The minimum atomic E-state index is 0.0120. The van der Waals surface area contributed by atoms with Crippen LogP contribution in [0.15, 0.2) is 64.0 Å². The molecule has 0 unspecified atom stereocenters. The van der Waals surface area contributed by atoms with Crippen LogP contribution in [0.3, 0.4) is 0 Å². The van der Waals surface area contributed by atoms with Gasteiger partial charge in [0.2, 0.25) is 0 Å². The summed E-state index contributed by atoms with van der Waals surface area (Å²) in [7, 11) is 1.63. The molecule has 0 aliphatic carbocycles. The molecule has 4 heteroatoms. The Balaban J connectivity index is 2.65. The third-order valence-electron chi connectivity index (χ3n) is 3.52. The molecule has 0 saturated carbocycles. The summed E-state index contributed by atoms with van der Waals surface area (Å²) in [6.45, 7) is 10.2. The highest BCUT2D eigenvalue weighted by molar-refractivity contribution is 5.73. The van der Waals surface area contributed by atoms with Gasteiger partial charge in [-0.2, -0.15) is 10.2 Å². The van der Waals surface area contributed by atoms with E-state index in [0.717, 1.165) is 16.8 Å². The van der Waals surface area contributed by atoms with Crippen molar-refractivity contribution in [2.45, 2.75) is 26.2 Å². The minimum Gasteiger partial charge on any atom is -0.262 e. The van der Waals surface area contributed by atoms with Crippen LogP contribution >= 0.6 is 0 Å². The van der Waals surface area contributed by atoms with Crippen molar-refractivity contribution in [3.05, 3.63) is 59.9 Å². The fraction of sp³-hybridized carbons (Fsp3) is 0.263. The Kier molecular flexibility index (Phi) is 5.16. The van der Waals surface area contributed by atoms with Crippen molar-refractivity contribution in [1.82, 2.24) is 4.98 Å². The van der Waals surface area contributed by atoms with Crippen molar-refractivity contribution >= 4 is 12.4 Å². The second-order valence-corrected chi connectivity index (χ2v) is 6.25. The summed E-state index contributed by atoms with van der Waals surface area (Å²) < 4.78 is 0. The van der Waals surface area contributed by atoms with Gasteiger partial charge in [-0.25, -0.2) is 0 Å². The molecule has 118 valence electrons. The molecule has 2 aromatic rings. The van der Waals surface area contributed by atoms with Crippen LogP contribution in [0.25, 0.3) is 17.0 Å². The summed E-state index contributed by atoms with van der Waals surface area (Å²) in [6.07, 6.45) is 3.42. The number of aliphatic imine (C=N–C) groups is 1. The SMILES string of the molecule is C=N/C(=C\N=N/C)c1cc(-c2ccccn2)cc(C(C)(C)C)c1. The maximum atomic E-state index is 4.45. The van der Waals surface area contributed by atoms with Crippen molar-refractivity contribution in [1.29, 1.82) is 0 Å². The number of hydrogen-bond donors (Lipinski definition) is 0. The first-order valence-electron chi connectivity index (χ1n) is 7.49. The second-order valence-electron chi connectivity index (χ2n) is 6.25. The summed E-state index contributed by atoms with van der Waals surface area (Å²) in [5.74, 6) is 0. The number of azo groups is 1. The van der Waals surface area contributed by atoms with E-state index in [4.69, 9.17) is 0 Å². The Hall–Kier alpha value is -2.62. The molecule has 0 spiro atoms. The van der Waals surface area contributed by atoms with E-state index in [2.05, 4.69) is 65.9 Å². The quantitative estimate of drug-likeness (QED) is 0.571. The highest BCUT2D eigenvalue weighted by Gasteiger charge is 2.17. The average molecular weight is 306 g/mol. The molecule has 23 heavy (non-hydrogen) atoms. The lowest BCUT2D eigenvalue weighted by Gasteiger charge is -2.21. The smallest absolute Gasteiger partial charge is 0.0896 e. The van der Waals surface area contributed by atoms with Crippen LogP contribution in [-0.2, 0) is 5.41 Å². The van der Waals surface area contributed by atoms with Gasteiger partial charge in [0, 0.05) is 24.4 Å². The zero-order valence-electron chi connectivity index (χ0n) is 14.1. The fourth-order valence-corrected chi connectivity index (χ4v) is 2.21. The zero-order valence-corrected chi connectivity index (χ0v) is 14.1. The maximum absolute atomic E-state index is 4.45. The van der Waals surface area contributed by atoms with Gasteiger partial charge in [-0.3, -0.25) is 9.98 Å². The largest absolute Gasteiger partial charge is 0.262 e. The number of benzene rings is 1. The van der Waals surface area contributed by atoms with E-state index >= 15 is 0 Å². The van der Waals surface area contributed by atoms with E-state index in [1.807, 2.05) is 18.2 Å². The van der Waals surface area contributed by atoms with Crippen LogP contribution in [-0.4, -0.2) is 18.7 Å². The van der Waals surface area contributed by atoms with Gasteiger partial charge in [-0.05, 0) is 48.0 Å². The lowest BCUT2D eigenvalue weighted by molar-refractivity contribution is 0.590. The summed E-state index contributed by atoms with van der Waals surface area (Å²) in [6, 6.07) is 12.3. The first-order chi connectivity index (χ1) is 11.0. The Morgan fingerprint density at radius 2 is 1.96 bits per heavy atom. The standard InChI is InChI=1S/C19H22N4/c1-19(2,3)16-11-14(17-8-6-7-9-22-17)10-15(12-16)18(20-4)13-23-21-5/h6-13H,4H2,1-3,5H3/b18-13-,23-21-. The Bertz CT molecular complexity index is 738. The molecular weight excluding hydrogens is 284 g/mol. The molecule has 1 heterocycles. The third kappa shape index (κ3) is 4.19. The van der Waals surface area contributed by atoms with Crippen LogP contribution in [0.5, 0.6) is 0 Å². The summed E-state index contributed by atoms with van der Waals surface area (Å²) >= 11 is 0. The molecule has 0 N–H and O–H groups in total. The molecule has 0 radical (unpaired) electrons. The molecule has 4 nitrogen and oxygen atoms in total. The molecule has 1 aromatic heterocycles. The molecule has 0 amide bonds. The van der Waals surface area contributed by atoms with Crippen LogP contribution < -0.4 is 0 Å². The first kappa shape index (κ1) is 16.7. The number of aromatic nitrogens is 1. The van der Waals surface area contributed by atoms with Gasteiger partial charge >= 0.3 is 0 Å². The van der Waals surface area contributed by atoms with Crippen molar-refractivity contribution in [2.24, 2.45) is 15.2 Å². The second kappa shape index (κ2) is 7.09. The predicted molar refractivity (Wildman–Crippen MR) is 96.7 cm³/mol. The predicted octanol–water partition coefficient (Wildman–Crippen LogP) is 5.13. The van der Waals surface area contributed by atoms with E-state index in [1.54, 1.807) is 19.4 Å². The van der Waals surface area contributed by atoms with Gasteiger partial charge in [0.15, 0.2) is 0 Å². The molecular formula is C19H22N4. The van der Waals surface area contributed by atoms with Crippen LogP contribution in [0.1, 0.15) is 31.9 Å². The van der Waals surface area contributed by atoms with Crippen LogP contribution in [0, 0.1) is 0 Å². The fourth-order valence-electron chi connectivity index (χ4n) is 2.21. The van der Waals surface area contributed by atoms with Crippen LogP contribution in [0.4, 0.5) is 0 Å². The van der Waals surface area contributed by atoms with E-state index < -0.39 is 0 Å². The summed E-state index contributed by atoms with van der Waals surface area (Å²) in [5.41, 5.74) is 4.85. The van der Waals surface area contributed by atoms with Gasteiger partial charge in [0.1, 0.15) is 0 Å². The molecule has 0 atom stereocenters. The van der Waals surface area contributed by atoms with E-state index in [1.165, 1.54) is 5.56 Å². The van der Waals surface area contributed by atoms with Crippen molar-refractivity contribution in [3.8, 4) is 11.3 Å². The van der Waals surface area contributed by atoms with Gasteiger partial charge in [0.05, 0.1) is 17.6 Å². The normalized spacial score (nSPS) is 12.6. The minimum absolute atomic E-state index is 0.0120. The van der Waals surface area contributed by atoms with Gasteiger partial charge in [-0.1, -0.05) is 26.8 Å². The summed E-state index contributed by atoms with van der Waals surface area (Å²) in [4.78, 5) is 8.54. The lowest BCUT2D eigenvalue weighted by Crippen LogP contribution is -2.11. The average Bonchev–Trinajstić information content (AvgIpc) is 2.55. The van der Waals surface area contributed by atoms with Gasteiger partial charge in [0.25, 0.3) is 0 Å². The zero-order chi connectivity index (χ0) is 16.9. The van der Waals surface area contributed by atoms with Gasteiger partial charge < -0.3 is 0 Å². The van der Waals surface area contributed by atoms with Crippen LogP contribution in [0.2, 0.25) is 0 Å². The molecule has 1 aromatic carbocycles. The van der Waals surface area contributed by atoms with E-state index in [9.17, 15) is 0 Å². The number of hydrogen-bond acceptors (Lipinski definition) is 4. The Morgan fingerprint density at radius 1 is 1.17 bits per heavy atom. The molecule has 0 bridgehead atoms. The first-order valence-corrected chi connectivity index (χ1v) is 7.49. The van der Waals surface area contributed by atoms with E-state index in [-0.39, 0.29) is 5.41 Å². The summed E-state index contributed by atoms with van der Waals surface area (Å²) in [5, 5.41) is 7.68. The third-order valence-corrected chi connectivity index (χ3v) is 3.52. The molecule has 2 rings (SSSR count). The monoisotopic (exact) mass is 306 g/mol. The maximum Gasteiger partial charge on any atom is 0.0896 e. The Labute approximate surface area is 137 Å². The topological polar surface area (TPSA) is 50.0 Å². The van der Waals surface area contributed by atoms with Crippen molar-refractivity contribution in [3.63, 3.8) is 0 Å². The number of nitrogens with zero attached hydrogens (tertiary/aromatic N) is 4. The highest BCUT2D eigenvalue weighted by atomic mass is 15.1. The number of rotatable bonds is 4.